The van der Waals surface area contributed by atoms with Crippen molar-refractivity contribution in [1.82, 2.24) is 20.4 Å². The molecule has 0 bridgehead atoms. The smallest absolute Gasteiger partial charge is 0.229 e. The monoisotopic (exact) mass is 408 g/mol. The molecule has 1 aliphatic rings. The lowest BCUT2D eigenvalue weighted by molar-refractivity contribution is -0.115. The van der Waals surface area contributed by atoms with Crippen molar-refractivity contribution in [2.24, 2.45) is 5.92 Å². The Morgan fingerprint density at radius 1 is 1.07 bits per heavy atom. The zero-order valence-corrected chi connectivity index (χ0v) is 16.4. The van der Waals surface area contributed by atoms with Crippen molar-refractivity contribution in [1.29, 1.82) is 0 Å². The van der Waals surface area contributed by atoms with Crippen LogP contribution in [0.1, 0.15) is 35.0 Å². The molecule has 8 nitrogen and oxygen atoms in total. The van der Waals surface area contributed by atoms with Gasteiger partial charge in [-0.25, -0.2) is 0 Å². The number of anilines is 2. The molecule has 3 aromatic rings. The fourth-order valence-electron chi connectivity index (χ4n) is 3.41. The zero-order valence-electron chi connectivity index (χ0n) is 15.6. The maximum atomic E-state index is 12.1. The van der Waals surface area contributed by atoms with E-state index in [9.17, 15) is 9.59 Å². The van der Waals surface area contributed by atoms with Gasteiger partial charge < -0.3 is 10.6 Å². The predicted octanol–water partition coefficient (Wildman–Crippen LogP) is 2.81. The van der Waals surface area contributed by atoms with Crippen molar-refractivity contribution in [2.45, 2.75) is 31.6 Å². The van der Waals surface area contributed by atoms with Gasteiger partial charge in [0.25, 0.3) is 0 Å². The fraction of sp³-hybridized carbons (Fsp3) is 0.300. The van der Waals surface area contributed by atoms with Crippen LogP contribution in [-0.4, -0.2) is 32.7 Å². The number of rotatable bonds is 8. The molecular formula is C20H20N6O2S. The van der Waals surface area contributed by atoms with Crippen LogP contribution in [0.15, 0.2) is 42.5 Å². The number of benzene rings is 1. The number of hydrogen-bond acceptors (Lipinski definition) is 7. The SMILES string of the molecule is O=CNc1nnc([C@H]2C[C@@H](Cc3ccc(NC(=O)Cc4ccccc4)nn3)C2)s1. The third kappa shape index (κ3) is 5.00. The van der Waals surface area contributed by atoms with Gasteiger partial charge in [-0.15, -0.1) is 15.3 Å². The van der Waals surface area contributed by atoms with Gasteiger partial charge in [0.15, 0.2) is 5.82 Å². The van der Waals surface area contributed by atoms with Crippen molar-refractivity contribution >= 4 is 34.6 Å². The third-order valence-corrected chi connectivity index (χ3v) is 5.92. The van der Waals surface area contributed by atoms with Gasteiger partial charge in [-0.1, -0.05) is 41.7 Å². The molecule has 0 atom stereocenters. The van der Waals surface area contributed by atoms with E-state index in [0.29, 0.717) is 35.6 Å². The molecule has 0 radical (unpaired) electrons. The van der Waals surface area contributed by atoms with E-state index in [0.717, 1.165) is 35.5 Å². The van der Waals surface area contributed by atoms with E-state index in [-0.39, 0.29) is 5.91 Å². The summed E-state index contributed by atoms with van der Waals surface area (Å²) in [6.45, 7) is 0. The minimum Gasteiger partial charge on any atom is -0.309 e. The predicted molar refractivity (Wildman–Crippen MR) is 110 cm³/mol. The van der Waals surface area contributed by atoms with Gasteiger partial charge >= 0.3 is 0 Å². The van der Waals surface area contributed by atoms with E-state index in [1.54, 1.807) is 6.07 Å². The third-order valence-electron chi connectivity index (χ3n) is 4.90. The summed E-state index contributed by atoms with van der Waals surface area (Å²) in [4.78, 5) is 22.6. The fourth-order valence-corrected chi connectivity index (χ4v) is 4.24. The van der Waals surface area contributed by atoms with Crippen LogP contribution in [0.25, 0.3) is 0 Å². The van der Waals surface area contributed by atoms with E-state index >= 15 is 0 Å². The van der Waals surface area contributed by atoms with Crippen LogP contribution in [-0.2, 0) is 22.4 Å². The first kappa shape index (κ1) is 19.1. The van der Waals surface area contributed by atoms with E-state index in [4.69, 9.17) is 0 Å². The minimum atomic E-state index is -0.111. The summed E-state index contributed by atoms with van der Waals surface area (Å²) in [5.74, 6) is 1.27. The summed E-state index contributed by atoms with van der Waals surface area (Å²) >= 11 is 1.43. The lowest BCUT2D eigenvalue weighted by atomic mass is 9.73. The van der Waals surface area contributed by atoms with Crippen molar-refractivity contribution < 1.29 is 9.59 Å². The molecule has 29 heavy (non-hydrogen) atoms. The second kappa shape index (κ2) is 8.87. The Morgan fingerprint density at radius 2 is 1.90 bits per heavy atom. The molecular weight excluding hydrogens is 388 g/mol. The molecule has 9 heteroatoms. The second-order valence-corrected chi connectivity index (χ2v) is 8.08. The molecule has 0 unspecified atom stereocenters. The first-order chi connectivity index (χ1) is 14.2. The first-order valence-corrected chi connectivity index (χ1v) is 10.2. The molecule has 0 spiro atoms. The number of aromatic nitrogens is 4. The van der Waals surface area contributed by atoms with Crippen LogP contribution in [0.2, 0.25) is 0 Å². The maximum absolute atomic E-state index is 12.1. The summed E-state index contributed by atoms with van der Waals surface area (Å²) < 4.78 is 0. The van der Waals surface area contributed by atoms with Gasteiger partial charge in [0.1, 0.15) is 5.01 Å². The Bertz CT molecular complexity index is 970. The van der Waals surface area contributed by atoms with E-state index in [1.165, 1.54) is 11.3 Å². The number of hydrogen-bond donors (Lipinski definition) is 2. The molecule has 2 heterocycles. The summed E-state index contributed by atoms with van der Waals surface area (Å²) in [5.41, 5.74) is 1.87. The Kier molecular flexibility index (Phi) is 5.85. The van der Waals surface area contributed by atoms with Crippen molar-refractivity contribution in [3.63, 3.8) is 0 Å². The topological polar surface area (TPSA) is 110 Å². The zero-order chi connectivity index (χ0) is 20.1. The molecule has 2 aromatic heterocycles. The molecule has 2 N–H and O–H groups in total. The highest BCUT2D eigenvalue weighted by Gasteiger charge is 2.33. The molecule has 1 saturated carbocycles. The van der Waals surface area contributed by atoms with E-state index < -0.39 is 0 Å². The van der Waals surface area contributed by atoms with Crippen molar-refractivity contribution in [3.05, 3.63) is 58.7 Å². The number of carbonyl (C=O) groups excluding carboxylic acids is 2. The average molecular weight is 408 g/mol. The van der Waals surface area contributed by atoms with Gasteiger partial charge in [0.05, 0.1) is 12.1 Å². The molecule has 0 saturated heterocycles. The van der Waals surface area contributed by atoms with Gasteiger partial charge in [0, 0.05) is 5.92 Å². The van der Waals surface area contributed by atoms with Crippen molar-refractivity contribution in [3.8, 4) is 0 Å². The number of amides is 2. The summed E-state index contributed by atoms with van der Waals surface area (Å²) in [6.07, 6.45) is 3.81. The average Bonchev–Trinajstić information content (AvgIpc) is 3.14. The van der Waals surface area contributed by atoms with Gasteiger partial charge in [-0.3, -0.25) is 9.59 Å². The summed E-state index contributed by atoms with van der Waals surface area (Å²) in [5, 5.41) is 23.3. The normalized spacial score (nSPS) is 17.9. The number of nitrogens with one attached hydrogen (secondary N) is 2. The Balaban J connectivity index is 1.24. The molecule has 4 rings (SSSR count). The van der Waals surface area contributed by atoms with Crippen molar-refractivity contribution in [2.75, 3.05) is 10.6 Å². The second-order valence-electron chi connectivity index (χ2n) is 7.07. The lowest BCUT2D eigenvalue weighted by Crippen LogP contribution is -2.24. The maximum Gasteiger partial charge on any atom is 0.229 e. The van der Waals surface area contributed by atoms with E-state index in [2.05, 4.69) is 31.0 Å². The van der Waals surface area contributed by atoms with E-state index in [1.807, 2.05) is 36.4 Å². The molecule has 0 aliphatic heterocycles. The lowest BCUT2D eigenvalue weighted by Gasteiger charge is -2.33. The molecule has 1 fully saturated rings. The summed E-state index contributed by atoms with van der Waals surface area (Å²) in [7, 11) is 0. The summed E-state index contributed by atoms with van der Waals surface area (Å²) in [6, 6.07) is 13.3. The molecule has 2 amide bonds. The largest absolute Gasteiger partial charge is 0.309 e. The first-order valence-electron chi connectivity index (χ1n) is 9.39. The Morgan fingerprint density at radius 3 is 2.62 bits per heavy atom. The van der Waals surface area contributed by atoms with Crippen LogP contribution in [0, 0.1) is 5.92 Å². The highest BCUT2D eigenvalue weighted by molar-refractivity contribution is 7.15. The van der Waals surface area contributed by atoms with Gasteiger partial charge in [-0.2, -0.15) is 5.10 Å². The highest BCUT2D eigenvalue weighted by Crippen LogP contribution is 2.44. The Hall–Kier alpha value is -3.20. The molecule has 148 valence electrons. The van der Waals surface area contributed by atoms with Crippen LogP contribution in [0.4, 0.5) is 10.9 Å². The highest BCUT2D eigenvalue weighted by atomic mass is 32.1. The molecule has 1 aliphatic carbocycles. The number of nitrogens with zero attached hydrogens (tertiary/aromatic N) is 4. The van der Waals surface area contributed by atoms with Crippen LogP contribution >= 0.6 is 11.3 Å². The van der Waals surface area contributed by atoms with Crippen LogP contribution in [0.3, 0.4) is 0 Å². The molecule has 1 aromatic carbocycles. The van der Waals surface area contributed by atoms with Gasteiger partial charge in [0.2, 0.25) is 17.4 Å². The standard InChI is InChI=1S/C20H20N6O2S/c27-12-21-20-26-25-19(29-20)15-8-14(9-15)10-16-6-7-17(24-23-16)22-18(28)11-13-4-2-1-3-5-13/h1-7,12,14-15H,8-11H2,(H,21,26,27)(H,22,24,28)/t14-,15+. The van der Waals surface area contributed by atoms with Gasteiger partial charge in [-0.05, 0) is 42.9 Å². The Labute approximate surface area is 171 Å². The number of carbonyl (C=O) groups is 2. The van der Waals surface area contributed by atoms with Crippen LogP contribution in [0.5, 0.6) is 0 Å². The van der Waals surface area contributed by atoms with Crippen LogP contribution < -0.4 is 10.6 Å². The minimum absolute atomic E-state index is 0.111. The quantitative estimate of drug-likeness (QED) is 0.555.